The monoisotopic (exact) mass is 224 g/mol. The van der Waals surface area contributed by atoms with Gasteiger partial charge >= 0.3 is 0 Å². The van der Waals surface area contributed by atoms with Gasteiger partial charge in [0.15, 0.2) is 0 Å². The molecule has 2 heterocycles. The van der Waals surface area contributed by atoms with E-state index in [0.717, 1.165) is 45.4 Å². The van der Waals surface area contributed by atoms with Crippen LogP contribution >= 0.6 is 0 Å². The Bertz CT molecular complexity index is 306. The Morgan fingerprint density at radius 2 is 2.25 bits per heavy atom. The van der Waals surface area contributed by atoms with Crippen LogP contribution in [0.25, 0.3) is 0 Å². The van der Waals surface area contributed by atoms with Gasteiger partial charge < -0.3 is 9.84 Å². The molecule has 0 atom stereocenters. The number of aromatic nitrogens is 2. The molecule has 1 fully saturated rings. The van der Waals surface area contributed by atoms with Gasteiger partial charge in [0.2, 0.25) is 0 Å². The summed E-state index contributed by atoms with van der Waals surface area (Å²) < 4.78 is 7.37. The summed E-state index contributed by atoms with van der Waals surface area (Å²) in [5, 5.41) is 13.1. The zero-order valence-corrected chi connectivity index (χ0v) is 9.64. The minimum atomic E-state index is 0.255. The highest BCUT2D eigenvalue weighted by Crippen LogP contribution is 2.16. The number of aliphatic hydroxyl groups is 1. The first-order valence-corrected chi connectivity index (χ1v) is 6.08. The first kappa shape index (κ1) is 11.6. The predicted molar refractivity (Wildman–Crippen MR) is 61.2 cm³/mol. The van der Waals surface area contributed by atoms with Crippen molar-refractivity contribution in [2.75, 3.05) is 19.8 Å². The second-order valence-corrected chi connectivity index (χ2v) is 4.45. The summed E-state index contributed by atoms with van der Waals surface area (Å²) in [7, 11) is 0. The highest BCUT2D eigenvalue weighted by atomic mass is 16.5. The highest BCUT2D eigenvalue weighted by Gasteiger charge is 2.14. The first-order valence-electron chi connectivity index (χ1n) is 6.08. The molecule has 0 saturated carbocycles. The zero-order chi connectivity index (χ0) is 11.2. The predicted octanol–water partition coefficient (Wildman–Crippen LogP) is 1.23. The lowest BCUT2D eigenvalue weighted by Gasteiger charge is -2.21. The molecule has 1 aromatic heterocycles. The number of hydrogen-bond donors (Lipinski definition) is 1. The Morgan fingerprint density at radius 1 is 1.44 bits per heavy atom. The number of hydrogen-bond acceptors (Lipinski definition) is 3. The summed E-state index contributed by atoms with van der Waals surface area (Å²) in [5.74, 6) is 0.708. The maximum atomic E-state index is 8.75. The molecule has 1 saturated heterocycles. The van der Waals surface area contributed by atoms with Crippen LogP contribution in [0.15, 0.2) is 12.4 Å². The van der Waals surface area contributed by atoms with Crippen molar-refractivity contribution >= 4 is 0 Å². The molecule has 0 bridgehead atoms. The molecule has 1 aliphatic rings. The zero-order valence-electron chi connectivity index (χ0n) is 9.64. The lowest BCUT2D eigenvalue weighted by Crippen LogP contribution is -2.20. The molecular formula is C12H20N2O2. The average molecular weight is 224 g/mol. The van der Waals surface area contributed by atoms with Gasteiger partial charge in [0.05, 0.1) is 6.20 Å². The van der Waals surface area contributed by atoms with Crippen molar-refractivity contribution in [3.8, 4) is 0 Å². The lowest BCUT2D eigenvalue weighted by molar-refractivity contribution is 0.0601. The van der Waals surface area contributed by atoms with Gasteiger partial charge in [-0.3, -0.25) is 4.68 Å². The molecule has 0 unspecified atom stereocenters. The van der Waals surface area contributed by atoms with Crippen LogP contribution in [-0.2, 0) is 17.7 Å². The number of nitrogens with zero attached hydrogens (tertiary/aromatic N) is 2. The summed E-state index contributed by atoms with van der Waals surface area (Å²) in [6.07, 6.45) is 8.05. The molecule has 1 aliphatic heterocycles. The van der Waals surface area contributed by atoms with Crippen LogP contribution in [0.2, 0.25) is 0 Å². The summed E-state index contributed by atoms with van der Waals surface area (Å²) in [5.41, 5.74) is 1.22. The summed E-state index contributed by atoms with van der Waals surface area (Å²) in [4.78, 5) is 0. The molecule has 4 nitrogen and oxygen atoms in total. The van der Waals surface area contributed by atoms with E-state index in [0.29, 0.717) is 5.92 Å². The van der Waals surface area contributed by atoms with Crippen LogP contribution < -0.4 is 0 Å². The largest absolute Gasteiger partial charge is 0.396 e. The van der Waals surface area contributed by atoms with E-state index in [4.69, 9.17) is 9.84 Å². The fraction of sp³-hybridized carbons (Fsp3) is 0.750. The van der Waals surface area contributed by atoms with Crippen molar-refractivity contribution in [1.82, 2.24) is 9.78 Å². The maximum absolute atomic E-state index is 8.75. The highest BCUT2D eigenvalue weighted by molar-refractivity contribution is 5.03. The van der Waals surface area contributed by atoms with Crippen molar-refractivity contribution in [2.45, 2.75) is 32.2 Å². The maximum Gasteiger partial charge on any atom is 0.0521 e. The van der Waals surface area contributed by atoms with Crippen LogP contribution in [0.1, 0.15) is 24.8 Å². The van der Waals surface area contributed by atoms with E-state index in [1.807, 2.05) is 10.9 Å². The molecule has 0 amide bonds. The van der Waals surface area contributed by atoms with Gasteiger partial charge in [-0.05, 0) is 37.2 Å². The molecule has 90 valence electrons. The van der Waals surface area contributed by atoms with Crippen LogP contribution in [0, 0.1) is 5.92 Å². The average Bonchev–Trinajstić information content (AvgIpc) is 2.75. The Morgan fingerprint density at radius 3 is 3.00 bits per heavy atom. The van der Waals surface area contributed by atoms with E-state index in [9.17, 15) is 0 Å². The molecule has 0 radical (unpaired) electrons. The number of aliphatic hydroxyl groups excluding tert-OH is 1. The van der Waals surface area contributed by atoms with Gasteiger partial charge in [0, 0.05) is 32.6 Å². The lowest BCUT2D eigenvalue weighted by atomic mass is 10.0. The van der Waals surface area contributed by atoms with Crippen molar-refractivity contribution in [3.63, 3.8) is 0 Å². The van der Waals surface area contributed by atoms with E-state index in [2.05, 4.69) is 11.3 Å². The Hall–Kier alpha value is -0.870. The number of rotatable bonds is 5. The SMILES string of the molecule is OCCCc1cnn(CC2CCOCC2)c1. The third-order valence-corrected chi connectivity index (χ3v) is 3.10. The molecule has 0 aromatic carbocycles. The summed E-state index contributed by atoms with van der Waals surface area (Å²) in [6, 6.07) is 0. The van der Waals surface area contributed by atoms with Gasteiger partial charge in [-0.25, -0.2) is 0 Å². The quantitative estimate of drug-likeness (QED) is 0.818. The minimum Gasteiger partial charge on any atom is -0.396 e. The Kier molecular flexibility index (Phi) is 4.36. The fourth-order valence-corrected chi connectivity index (χ4v) is 2.11. The van der Waals surface area contributed by atoms with Gasteiger partial charge in [-0.1, -0.05) is 0 Å². The van der Waals surface area contributed by atoms with E-state index >= 15 is 0 Å². The van der Waals surface area contributed by atoms with E-state index < -0.39 is 0 Å². The van der Waals surface area contributed by atoms with Crippen molar-refractivity contribution in [2.24, 2.45) is 5.92 Å². The van der Waals surface area contributed by atoms with Crippen LogP contribution in [-0.4, -0.2) is 34.7 Å². The van der Waals surface area contributed by atoms with Gasteiger partial charge in [0.25, 0.3) is 0 Å². The normalized spacial score (nSPS) is 17.8. The second-order valence-electron chi connectivity index (χ2n) is 4.45. The molecule has 4 heteroatoms. The molecule has 1 aromatic rings. The molecule has 0 aliphatic carbocycles. The number of aryl methyl sites for hydroxylation is 1. The number of ether oxygens (including phenoxy) is 1. The minimum absolute atomic E-state index is 0.255. The van der Waals surface area contributed by atoms with Gasteiger partial charge in [-0.15, -0.1) is 0 Å². The summed E-state index contributed by atoms with van der Waals surface area (Å²) in [6.45, 7) is 3.04. The smallest absolute Gasteiger partial charge is 0.0521 e. The van der Waals surface area contributed by atoms with Crippen LogP contribution in [0.4, 0.5) is 0 Å². The third-order valence-electron chi connectivity index (χ3n) is 3.10. The molecule has 16 heavy (non-hydrogen) atoms. The molecule has 0 spiro atoms. The fourth-order valence-electron chi connectivity index (χ4n) is 2.11. The topological polar surface area (TPSA) is 47.3 Å². The van der Waals surface area contributed by atoms with E-state index in [-0.39, 0.29) is 6.61 Å². The third kappa shape index (κ3) is 3.32. The van der Waals surface area contributed by atoms with Crippen LogP contribution in [0.3, 0.4) is 0 Å². The van der Waals surface area contributed by atoms with Crippen molar-refractivity contribution < 1.29 is 9.84 Å². The van der Waals surface area contributed by atoms with E-state index in [1.54, 1.807) is 0 Å². The Balaban J connectivity index is 1.81. The molecular weight excluding hydrogens is 204 g/mol. The second kappa shape index (κ2) is 6.01. The van der Waals surface area contributed by atoms with Crippen molar-refractivity contribution in [3.05, 3.63) is 18.0 Å². The van der Waals surface area contributed by atoms with Crippen LogP contribution in [0.5, 0.6) is 0 Å². The van der Waals surface area contributed by atoms with Crippen molar-refractivity contribution in [1.29, 1.82) is 0 Å². The van der Waals surface area contributed by atoms with E-state index in [1.165, 1.54) is 5.56 Å². The van der Waals surface area contributed by atoms with Gasteiger partial charge in [-0.2, -0.15) is 5.10 Å². The van der Waals surface area contributed by atoms with Gasteiger partial charge in [0.1, 0.15) is 0 Å². The Labute approximate surface area is 96.2 Å². The summed E-state index contributed by atoms with van der Waals surface area (Å²) >= 11 is 0. The molecule has 2 rings (SSSR count). The first-order chi connectivity index (χ1) is 7.88. The standard InChI is InChI=1S/C12H20N2O2/c15-5-1-2-12-8-13-14(10-12)9-11-3-6-16-7-4-11/h8,10-11,15H,1-7,9H2. The molecule has 1 N–H and O–H groups in total.